The number of aryl methyl sites for hydroxylation is 1. The number of rotatable bonds is 4. The van der Waals surface area contributed by atoms with Crippen molar-refractivity contribution in [3.05, 3.63) is 71.8 Å². The van der Waals surface area contributed by atoms with Gasteiger partial charge in [-0.2, -0.15) is 5.10 Å². The van der Waals surface area contributed by atoms with E-state index < -0.39 is 0 Å². The number of carbonyl (C=O) groups excluding carboxylic acids is 1. The molecular weight excluding hydrogens is 316 g/mol. The number of fused-ring (bicyclic) bond motifs is 1. The summed E-state index contributed by atoms with van der Waals surface area (Å²) in [6.07, 6.45) is 0. The molecule has 0 atom stereocenters. The highest BCUT2D eigenvalue weighted by atomic mass is 16.5. The predicted molar refractivity (Wildman–Crippen MR) is 93.7 cm³/mol. The zero-order valence-corrected chi connectivity index (χ0v) is 13.9. The Balaban J connectivity index is 1.51. The quantitative estimate of drug-likeness (QED) is 0.736. The number of anilines is 1. The Morgan fingerprint density at radius 3 is 2.56 bits per heavy atom. The van der Waals surface area contributed by atoms with Gasteiger partial charge in [-0.05, 0) is 31.2 Å². The number of hydrogen-bond donors (Lipinski definition) is 0. The lowest BCUT2D eigenvalue weighted by Gasteiger charge is -2.26. The van der Waals surface area contributed by atoms with Crippen LogP contribution in [0.1, 0.15) is 22.0 Å². The molecule has 2 aromatic carbocycles. The Hall–Kier alpha value is -3.15. The second-order valence-electron chi connectivity index (χ2n) is 5.97. The van der Waals surface area contributed by atoms with Crippen molar-refractivity contribution in [2.45, 2.75) is 20.1 Å². The fourth-order valence-corrected chi connectivity index (χ4v) is 2.82. The lowest BCUT2D eigenvalue weighted by Crippen LogP contribution is -2.40. The highest BCUT2D eigenvalue weighted by Gasteiger charge is 2.29. The van der Waals surface area contributed by atoms with Gasteiger partial charge in [0, 0.05) is 12.2 Å². The first kappa shape index (κ1) is 15.4. The first-order valence-electron chi connectivity index (χ1n) is 8.21. The van der Waals surface area contributed by atoms with Gasteiger partial charge in [0.1, 0.15) is 12.4 Å². The number of nitrogens with zero attached hydrogens (tertiary/aromatic N) is 4. The normalized spacial score (nSPS) is 13.6. The molecule has 6 heteroatoms. The van der Waals surface area contributed by atoms with E-state index in [-0.39, 0.29) is 12.5 Å². The summed E-state index contributed by atoms with van der Waals surface area (Å²) in [5, 5.41) is 4.39. The van der Waals surface area contributed by atoms with Crippen molar-refractivity contribution in [2.24, 2.45) is 0 Å². The summed E-state index contributed by atoms with van der Waals surface area (Å²) in [7, 11) is 0. The average Bonchev–Trinajstić information content (AvgIpc) is 3.06. The number of carbonyl (C=O) groups is 1. The van der Waals surface area contributed by atoms with Crippen LogP contribution in [0, 0.1) is 6.92 Å². The average molecular weight is 334 g/mol. The molecule has 1 amide bonds. The second-order valence-corrected chi connectivity index (χ2v) is 5.97. The largest absolute Gasteiger partial charge is 0.486 e. The summed E-state index contributed by atoms with van der Waals surface area (Å²) in [5.41, 5.74) is 2.05. The Morgan fingerprint density at radius 1 is 1.04 bits per heavy atom. The molecule has 0 N–H and O–H groups in total. The van der Waals surface area contributed by atoms with E-state index in [0.717, 1.165) is 17.0 Å². The van der Waals surface area contributed by atoms with E-state index in [1.54, 1.807) is 9.58 Å². The summed E-state index contributed by atoms with van der Waals surface area (Å²) in [6, 6.07) is 17.4. The molecule has 6 nitrogen and oxygen atoms in total. The van der Waals surface area contributed by atoms with E-state index >= 15 is 0 Å². The van der Waals surface area contributed by atoms with Gasteiger partial charge in [0.15, 0.2) is 5.82 Å². The van der Waals surface area contributed by atoms with E-state index in [0.29, 0.717) is 24.7 Å². The Labute approximate surface area is 145 Å². The topological polar surface area (TPSA) is 60.3 Å². The summed E-state index contributed by atoms with van der Waals surface area (Å²) >= 11 is 0. The maximum absolute atomic E-state index is 12.8. The van der Waals surface area contributed by atoms with Gasteiger partial charge in [-0.25, -0.2) is 9.67 Å². The molecule has 3 aromatic rings. The summed E-state index contributed by atoms with van der Waals surface area (Å²) < 4.78 is 7.33. The lowest BCUT2D eigenvalue weighted by atomic mass is 10.2. The molecule has 0 fully saturated rings. The fraction of sp³-hybridized carbons (Fsp3) is 0.211. The molecule has 0 aliphatic carbocycles. The molecule has 0 saturated heterocycles. The molecular formula is C19H18N4O2. The van der Waals surface area contributed by atoms with Crippen molar-refractivity contribution in [1.82, 2.24) is 14.8 Å². The zero-order chi connectivity index (χ0) is 17.2. The van der Waals surface area contributed by atoms with E-state index in [1.165, 1.54) is 0 Å². The number of benzene rings is 2. The van der Waals surface area contributed by atoms with Crippen molar-refractivity contribution >= 4 is 11.6 Å². The molecule has 126 valence electrons. The van der Waals surface area contributed by atoms with Crippen LogP contribution in [0.2, 0.25) is 0 Å². The van der Waals surface area contributed by atoms with Gasteiger partial charge in [-0.3, -0.25) is 4.79 Å². The van der Waals surface area contributed by atoms with Gasteiger partial charge >= 0.3 is 0 Å². The van der Waals surface area contributed by atoms with Crippen LogP contribution in [0.25, 0.3) is 0 Å². The second kappa shape index (κ2) is 6.39. The Kier molecular flexibility index (Phi) is 3.93. The van der Waals surface area contributed by atoms with Crippen molar-refractivity contribution in [2.75, 3.05) is 11.4 Å². The minimum Gasteiger partial charge on any atom is -0.486 e. The monoisotopic (exact) mass is 334 g/mol. The lowest BCUT2D eigenvalue weighted by molar-refractivity contribution is 0.0956. The highest BCUT2D eigenvalue weighted by molar-refractivity contribution is 6.04. The Bertz CT molecular complexity index is 888. The van der Waals surface area contributed by atoms with Crippen LogP contribution in [-0.2, 0) is 13.2 Å². The molecule has 0 unspecified atom stereocenters. The SMILES string of the molecule is Cc1ccc(N2CCn3nc(COc4ccccc4)nc3C2=O)cc1. The van der Waals surface area contributed by atoms with E-state index in [2.05, 4.69) is 10.1 Å². The molecule has 25 heavy (non-hydrogen) atoms. The van der Waals surface area contributed by atoms with Gasteiger partial charge < -0.3 is 9.64 Å². The van der Waals surface area contributed by atoms with Crippen LogP contribution in [0.5, 0.6) is 5.75 Å². The molecule has 0 saturated carbocycles. The number of para-hydroxylation sites is 1. The van der Waals surface area contributed by atoms with Gasteiger partial charge in [0.05, 0.1) is 6.54 Å². The molecule has 1 aliphatic heterocycles. The van der Waals surface area contributed by atoms with Crippen LogP contribution in [0.3, 0.4) is 0 Å². The number of ether oxygens (including phenoxy) is 1. The van der Waals surface area contributed by atoms with Crippen molar-refractivity contribution in [3.8, 4) is 5.75 Å². The third kappa shape index (κ3) is 3.10. The summed E-state index contributed by atoms with van der Waals surface area (Å²) in [6.45, 7) is 3.46. The smallest absolute Gasteiger partial charge is 0.295 e. The predicted octanol–water partition coefficient (Wildman–Crippen LogP) is 2.83. The van der Waals surface area contributed by atoms with Crippen LogP contribution >= 0.6 is 0 Å². The molecule has 0 radical (unpaired) electrons. The molecule has 0 spiro atoms. The van der Waals surface area contributed by atoms with Gasteiger partial charge in [-0.15, -0.1) is 0 Å². The minimum atomic E-state index is -0.131. The first-order valence-corrected chi connectivity index (χ1v) is 8.21. The van der Waals surface area contributed by atoms with Crippen molar-refractivity contribution in [1.29, 1.82) is 0 Å². The van der Waals surface area contributed by atoms with Crippen LogP contribution < -0.4 is 9.64 Å². The van der Waals surface area contributed by atoms with Crippen LogP contribution in [0.4, 0.5) is 5.69 Å². The number of aromatic nitrogens is 3. The van der Waals surface area contributed by atoms with Gasteiger partial charge in [0.2, 0.25) is 5.82 Å². The molecule has 1 aliphatic rings. The molecule has 2 heterocycles. The maximum atomic E-state index is 12.8. The fourth-order valence-electron chi connectivity index (χ4n) is 2.82. The van der Waals surface area contributed by atoms with Crippen molar-refractivity contribution in [3.63, 3.8) is 0 Å². The number of hydrogen-bond acceptors (Lipinski definition) is 4. The van der Waals surface area contributed by atoms with Crippen molar-refractivity contribution < 1.29 is 9.53 Å². The van der Waals surface area contributed by atoms with Crippen LogP contribution in [0.15, 0.2) is 54.6 Å². The van der Waals surface area contributed by atoms with E-state index in [9.17, 15) is 4.79 Å². The molecule has 4 rings (SSSR count). The van der Waals surface area contributed by atoms with Gasteiger partial charge in [-0.1, -0.05) is 35.9 Å². The van der Waals surface area contributed by atoms with E-state index in [1.807, 2.05) is 61.5 Å². The number of amides is 1. The minimum absolute atomic E-state index is 0.131. The van der Waals surface area contributed by atoms with Crippen LogP contribution in [-0.4, -0.2) is 27.2 Å². The third-order valence-corrected chi connectivity index (χ3v) is 4.14. The summed E-state index contributed by atoms with van der Waals surface area (Å²) in [4.78, 5) is 18.9. The molecule has 0 bridgehead atoms. The molecule has 1 aromatic heterocycles. The summed E-state index contributed by atoms with van der Waals surface area (Å²) in [5.74, 6) is 1.49. The first-order chi connectivity index (χ1) is 12.2. The standard InChI is InChI=1S/C19H18N4O2/c1-14-7-9-15(10-8-14)22-11-12-23-18(19(22)24)20-17(21-23)13-25-16-5-3-2-4-6-16/h2-10H,11-13H2,1H3. The highest BCUT2D eigenvalue weighted by Crippen LogP contribution is 2.21. The van der Waals surface area contributed by atoms with Gasteiger partial charge in [0.25, 0.3) is 5.91 Å². The zero-order valence-electron chi connectivity index (χ0n) is 13.9. The Morgan fingerprint density at radius 2 is 1.80 bits per heavy atom. The maximum Gasteiger partial charge on any atom is 0.295 e. The third-order valence-electron chi connectivity index (χ3n) is 4.14. The van der Waals surface area contributed by atoms with E-state index in [4.69, 9.17) is 4.74 Å².